The number of hydrogen-bond acceptors (Lipinski definition) is 5. The van der Waals surface area contributed by atoms with Gasteiger partial charge in [0.25, 0.3) is 11.8 Å². The van der Waals surface area contributed by atoms with Crippen LogP contribution in [-0.2, 0) is 0 Å². The molecule has 1 aromatic carbocycles. The molecular weight excluding hydrogens is 402 g/mol. The minimum atomic E-state index is -0.257. The molecule has 146 valence electrons. The maximum Gasteiger partial charge on any atom is 0.257 e. The van der Waals surface area contributed by atoms with Gasteiger partial charge in [-0.2, -0.15) is 0 Å². The van der Waals surface area contributed by atoms with Gasteiger partial charge in [0.2, 0.25) is 0 Å². The molecule has 0 bridgehead atoms. The largest absolute Gasteiger partial charge is 0.355 e. The molecule has 0 aliphatic carbocycles. The maximum atomic E-state index is 13.3. The average molecular weight is 422 g/mol. The van der Waals surface area contributed by atoms with Gasteiger partial charge in [0.05, 0.1) is 27.2 Å². The molecule has 2 N–H and O–H groups in total. The molecular formula is C22H19N3O2S2. The highest BCUT2D eigenvalue weighted by Gasteiger charge is 2.22. The van der Waals surface area contributed by atoms with Gasteiger partial charge in [-0.25, -0.2) is 4.98 Å². The SMILES string of the molecule is CNC(=O)c1c(NC(=O)c2cc(-c3cccs3)nc3ccccc23)sc(C)c1C. The van der Waals surface area contributed by atoms with Crippen LogP contribution in [0.15, 0.2) is 47.8 Å². The lowest BCUT2D eigenvalue weighted by Crippen LogP contribution is -2.21. The Balaban J connectivity index is 1.80. The van der Waals surface area contributed by atoms with Gasteiger partial charge in [-0.15, -0.1) is 22.7 Å². The van der Waals surface area contributed by atoms with E-state index >= 15 is 0 Å². The third-order valence-electron chi connectivity index (χ3n) is 4.80. The third kappa shape index (κ3) is 3.54. The number of amides is 2. The molecule has 0 saturated heterocycles. The number of carbonyl (C=O) groups is 2. The highest BCUT2D eigenvalue weighted by molar-refractivity contribution is 7.17. The van der Waals surface area contributed by atoms with E-state index in [1.54, 1.807) is 18.4 Å². The minimum Gasteiger partial charge on any atom is -0.355 e. The van der Waals surface area contributed by atoms with Gasteiger partial charge in [-0.3, -0.25) is 9.59 Å². The fourth-order valence-electron chi connectivity index (χ4n) is 3.20. The summed E-state index contributed by atoms with van der Waals surface area (Å²) in [6, 6.07) is 13.4. The Kier molecular flexibility index (Phi) is 5.17. The second-order valence-electron chi connectivity index (χ2n) is 6.57. The zero-order chi connectivity index (χ0) is 20.5. The molecule has 29 heavy (non-hydrogen) atoms. The van der Waals surface area contributed by atoms with E-state index in [4.69, 9.17) is 4.98 Å². The number of aromatic nitrogens is 1. The molecule has 0 spiro atoms. The topological polar surface area (TPSA) is 71.1 Å². The van der Waals surface area contributed by atoms with Crippen molar-refractivity contribution in [1.29, 1.82) is 0 Å². The molecule has 3 aromatic heterocycles. The van der Waals surface area contributed by atoms with E-state index in [1.807, 2.05) is 61.7 Å². The second kappa shape index (κ2) is 7.77. The Morgan fingerprint density at radius 3 is 2.55 bits per heavy atom. The number of pyridine rings is 1. The van der Waals surface area contributed by atoms with Crippen LogP contribution in [0, 0.1) is 13.8 Å². The summed E-state index contributed by atoms with van der Waals surface area (Å²) in [7, 11) is 1.59. The van der Waals surface area contributed by atoms with Gasteiger partial charge in [0, 0.05) is 17.3 Å². The number of nitrogens with one attached hydrogen (secondary N) is 2. The zero-order valence-corrected chi connectivity index (χ0v) is 17.8. The highest BCUT2D eigenvalue weighted by atomic mass is 32.1. The summed E-state index contributed by atoms with van der Waals surface area (Å²) < 4.78 is 0. The lowest BCUT2D eigenvalue weighted by molar-refractivity contribution is 0.0963. The van der Waals surface area contributed by atoms with Gasteiger partial charge in [0.15, 0.2) is 0 Å². The molecule has 0 aliphatic rings. The quantitative estimate of drug-likeness (QED) is 0.472. The van der Waals surface area contributed by atoms with Gasteiger partial charge >= 0.3 is 0 Å². The van der Waals surface area contributed by atoms with E-state index in [0.29, 0.717) is 16.1 Å². The lowest BCUT2D eigenvalue weighted by Gasteiger charge is -2.10. The third-order valence-corrected chi connectivity index (χ3v) is 6.82. The smallest absolute Gasteiger partial charge is 0.257 e. The van der Waals surface area contributed by atoms with E-state index in [2.05, 4.69) is 10.6 Å². The lowest BCUT2D eigenvalue weighted by atomic mass is 10.1. The van der Waals surface area contributed by atoms with Gasteiger partial charge in [-0.05, 0) is 43.0 Å². The van der Waals surface area contributed by atoms with Crippen LogP contribution in [0.5, 0.6) is 0 Å². The molecule has 0 fully saturated rings. The molecule has 3 heterocycles. The van der Waals surface area contributed by atoms with Crippen molar-refractivity contribution in [3.05, 3.63) is 69.4 Å². The predicted molar refractivity (Wildman–Crippen MR) is 120 cm³/mol. The van der Waals surface area contributed by atoms with E-state index in [9.17, 15) is 9.59 Å². The van der Waals surface area contributed by atoms with Crippen LogP contribution in [0.25, 0.3) is 21.5 Å². The number of fused-ring (bicyclic) bond motifs is 1. The monoisotopic (exact) mass is 421 g/mol. The van der Waals surface area contributed by atoms with Gasteiger partial charge < -0.3 is 10.6 Å². The minimum absolute atomic E-state index is 0.207. The number of rotatable bonds is 4. The predicted octanol–water partition coefficient (Wildman–Crippen LogP) is 5.25. The number of para-hydroxylation sites is 1. The zero-order valence-electron chi connectivity index (χ0n) is 16.2. The van der Waals surface area contributed by atoms with Crippen LogP contribution in [0.1, 0.15) is 31.2 Å². The molecule has 0 atom stereocenters. The van der Waals surface area contributed by atoms with E-state index in [0.717, 1.165) is 31.9 Å². The van der Waals surface area contributed by atoms with Crippen molar-refractivity contribution in [2.24, 2.45) is 0 Å². The summed E-state index contributed by atoms with van der Waals surface area (Å²) in [5, 5.41) is 8.93. The number of anilines is 1. The first-order valence-electron chi connectivity index (χ1n) is 9.06. The number of carbonyl (C=O) groups excluding carboxylic acids is 2. The molecule has 2 amide bonds. The summed E-state index contributed by atoms with van der Waals surface area (Å²) >= 11 is 2.99. The van der Waals surface area contributed by atoms with E-state index in [1.165, 1.54) is 11.3 Å². The van der Waals surface area contributed by atoms with Crippen molar-refractivity contribution in [2.75, 3.05) is 12.4 Å². The molecule has 0 unspecified atom stereocenters. The number of nitrogens with zero attached hydrogens (tertiary/aromatic N) is 1. The molecule has 0 saturated carbocycles. The Labute approximate surface area is 176 Å². The number of aryl methyl sites for hydroxylation is 1. The Morgan fingerprint density at radius 2 is 1.83 bits per heavy atom. The van der Waals surface area contributed by atoms with E-state index < -0.39 is 0 Å². The van der Waals surface area contributed by atoms with Crippen LogP contribution in [0.2, 0.25) is 0 Å². The van der Waals surface area contributed by atoms with Crippen LogP contribution >= 0.6 is 22.7 Å². The fraction of sp³-hybridized carbons (Fsp3) is 0.136. The highest BCUT2D eigenvalue weighted by Crippen LogP contribution is 2.34. The first-order valence-corrected chi connectivity index (χ1v) is 10.8. The molecule has 5 nitrogen and oxygen atoms in total. The summed E-state index contributed by atoms with van der Waals surface area (Å²) in [6.07, 6.45) is 0. The first kappa shape index (κ1) is 19.3. The van der Waals surface area contributed by atoms with Crippen molar-refractivity contribution >= 4 is 50.4 Å². The van der Waals surface area contributed by atoms with Crippen molar-refractivity contribution in [1.82, 2.24) is 10.3 Å². The summed E-state index contributed by atoms with van der Waals surface area (Å²) in [4.78, 5) is 32.3. The van der Waals surface area contributed by atoms with Crippen molar-refractivity contribution in [3.63, 3.8) is 0 Å². The fourth-order valence-corrected chi connectivity index (χ4v) is 4.94. The maximum absolute atomic E-state index is 13.3. The average Bonchev–Trinajstić information content (AvgIpc) is 3.35. The van der Waals surface area contributed by atoms with Crippen LogP contribution < -0.4 is 10.6 Å². The summed E-state index contributed by atoms with van der Waals surface area (Å²) in [6.45, 7) is 3.83. The Morgan fingerprint density at radius 1 is 1.03 bits per heavy atom. The molecule has 0 aliphatic heterocycles. The molecule has 7 heteroatoms. The Bertz CT molecular complexity index is 1230. The summed E-state index contributed by atoms with van der Waals surface area (Å²) in [5.74, 6) is -0.464. The Hall–Kier alpha value is -3.03. The van der Waals surface area contributed by atoms with E-state index in [-0.39, 0.29) is 11.8 Å². The normalized spacial score (nSPS) is 10.9. The van der Waals surface area contributed by atoms with Crippen molar-refractivity contribution in [2.45, 2.75) is 13.8 Å². The second-order valence-corrected chi connectivity index (χ2v) is 8.74. The van der Waals surface area contributed by atoms with Crippen LogP contribution in [0.4, 0.5) is 5.00 Å². The first-order chi connectivity index (χ1) is 14.0. The van der Waals surface area contributed by atoms with Crippen molar-refractivity contribution < 1.29 is 9.59 Å². The number of thiophene rings is 2. The molecule has 0 radical (unpaired) electrons. The van der Waals surface area contributed by atoms with Crippen LogP contribution in [0.3, 0.4) is 0 Å². The van der Waals surface area contributed by atoms with Gasteiger partial charge in [0.1, 0.15) is 5.00 Å². The van der Waals surface area contributed by atoms with Crippen molar-refractivity contribution in [3.8, 4) is 10.6 Å². The van der Waals surface area contributed by atoms with Crippen LogP contribution in [-0.4, -0.2) is 23.8 Å². The molecule has 4 rings (SSSR count). The number of hydrogen-bond donors (Lipinski definition) is 2. The molecule has 4 aromatic rings. The van der Waals surface area contributed by atoms with Gasteiger partial charge in [-0.1, -0.05) is 24.3 Å². The summed E-state index contributed by atoms with van der Waals surface area (Å²) in [5.41, 5.74) is 3.44. The number of benzene rings is 1. The standard InChI is InChI=1S/C22H19N3O2S2/c1-12-13(2)29-22(19(12)21(27)23-3)25-20(26)15-11-17(18-9-6-10-28-18)24-16-8-5-4-7-14(15)16/h4-11H,1-3H3,(H,23,27)(H,25,26).